The first-order chi connectivity index (χ1) is 9.63. The Morgan fingerprint density at radius 3 is 3.00 bits per heavy atom. The predicted octanol–water partition coefficient (Wildman–Crippen LogP) is 2.39. The second-order valence-electron chi connectivity index (χ2n) is 4.14. The molecule has 6 nitrogen and oxygen atoms in total. The topological polar surface area (TPSA) is 77.2 Å². The van der Waals surface area contributed by atoms with Crippen LogP contribution in [0.25, 0.3) is 10.7 Å². The third kappa shape index (κ3) is 3.38. The normalized spacial score (nSPS) is 12.5. The fourth-order valence-electron chi connectivity index (χ4n) is 1.79. The second-order valence-corrected chi connectivity index (χ2v) is 6.03. The SMILES string of the molecule is COCC(C)n1c(SCC(=O)O)nnc1-c1cccs1. The van der Waals surface area contributed by atoms with Gasteiger partial charge in [-0.15, -0.1) is 21.5 Å². The molecular formula is C12H15N3O3S2. The summed E-state index contributed by atoms with van der Waals surface area (Å²) in [6, 6.07) is 3.95. The molecule has 8 heteroatoms. The highest BCUT2D eigenvalue weighted by molar-refractivity contribution is 7.99. The number of ether oxygens (including phenoxy) is 1. The number of methoxy groups -OCH3 is 1. The molecule has 1 atom stereocenters. The molecule has 1 N–H and O–H groups in total. The quantitative estimate of drug-likeness (QED) is 0.791. The van der Waals surface area contributed by atoms with Crippen LogP contribution in [0.4, 0.5) is 0 Å². The Morgan fingerprint density at radius 1 is 1.60 bits per heavy atom. The number of carboxylic acid groups (broad SMARTS) is 1. The van der Waals surface area contributed by atoms with Gasteiger partial charge in [-0.2, -0.15) is 0 Å². The minimum absolute atomic E-state index is 0.0309. The Balaban J connectivity index is 2.34. The summed E-state index contributed by atoms with van der Waals surface area (Å²) in [5.41, 5.74) is 0. The van der Waals surface area contributed by atoms with Crippen molar-refractivity contribution >= 4 is 29.1 Å². The molecule has 0 aliphatic heterocycles. The smallest absolute Gasteiger partial charge is 0.313 e. The van der Waals surface area contributed by atoms with E-state index < -0.39 is 5.97 Å². The van der Waals surface area contributed by atoms with Gasteiger partial charge in [0.15, 0.2) is 11.0 Å². The average Bonchev–Trinajstić information content (AvgIpc) is 3.05. The Morgan fingerprint density at radius 2 is 2.40 bits per heavy atom. The molecule has 0 fully saturated rings. The molecule has 2 heterocycles. The highest BCUT2D eigenvalue weighted by Crippen LogP contribution is 2.30. The molecule has 1 unspecified atom stereocenters. The van der Waals surface area contributed by atoms with E-state index in [1.54, 1.807) is 18.4 Å². The number of thioether (sulfide) groups is 1. The lowest BCUT2D eigenvalue weighted by Crippen LogP contribution is -2.14. The van der Waals surface area contributed by atoms with Crippen molar-refractivity contribution in [2.24, 2.45) is 0 Å². The minimum Gasteiger partial charge on any atom is -0.481 e. The molecule has 108 valence electrons. The van der Waals surface area contributed by atoms with Crippen LogP contribution in [0.5, 0.6) is 0 Å². The Kier molecular flexibility index (Phi) is 5.16. The Labute approximate surface area is 124 Å². The van der Waals surface area contributed by atoms with Gasteiger partial charge in [-0.05, 0) is 18.4 Å². The predicted molar refractivity (Wildman–Crippen MR) is 78.3 cm³/mol. The van der Waals surface area contributed by atoms with Gasteiger partial charge in [0, 0.05) is 7.11 Å². The van der Waals surface area contributed by atoms with Crippen LogP contribution in [0.15, 0.2) is 22.7 Å². The summed E-state index contributed by atoms with van der Waals surface area (Å²) in [7, 11) is 1.63. The Hall–Kier alpha value is -1.38. The van der Waals surface area contributed by atoms with Gasteiger partial charge in [0.25, 0.3) is 0 Å². The molecule has 0 aliphatic rings. The number of rotatable bonds is 7. The van der Waals surface area contributed by atoms with Crippen LogP contribution in [-0.2, 0) is 9.53 Å². The van der Waals surface area contributed by atoms with Crippen molar-refractivity contribution < 1.29 is 14.6 Å². The molecule has 2 rings (SSSR count). The molecule has 0 aliphatic carbocycles. The zero-order valence-electron chi connectivity index (χ0n) is 11.1. The van der Waals surface area contributed by atoms with Gasteiger partial charge < -0.3 is 9.84 Å². The van der Waals surface area contributed by atoms with E-state index in [-0.39, 0.29) is 11.8 Å². The molecule has 0 bridgehead atoms. The summed E-state index contributed by atoms with van der Waals surface area (Å²) >= 11 is 2.74. The zero-order chi connectivity index (χ0) is 14.5. The van der Waals surface area contributed by atoms with E-state index >= 15 is 0 Å². The van der Waals surface area contributed by atoms with Gasteiger partial charge in [0.1, 0.15) is 0 Å². The van der Waals surface area contributed by atoms with E-state index in [0.717, 1.165) is 10.7 Å². The number of aliphatic carboxylic acids is 1. The summed E-state index contributed by atoms with van der Waals surface area (Å²) in [5.74, 6) is -0.165. The summed E-state index contributed by atoms with van der Waals surface area (Å²) < 4.78 is 7.12. The van der Waals surface area contributed by atoms with Gasteiger partial charge in [0.2, 0.25) is 0 Å². The lowest BCUT2D eigenvalue weighted by atomic mass is 10.3. The summed E-state index contributed by atoms with van der Waals surface area (Å²) in [6.07, 6.45) is 0. The number of carbonyl (C=O) groups is 1. The highest BCUT2D eigenvalue weighted by Gasteiger charge is 2.20. The standard InChI is InChI=1S/C12H15N3O3S2/c1-8(6-18-2)15-11(9-4-3-5-19-9)13-14-12(15)20-7-10(16)17/h3-5,8H,6-7H2,1-2H3,(H,16,17). The number of thiophene rings is 1. The lowest BCUT2D eigenvalue weighted by Gasteiger charge is -2.16. The van der Waals surface area contributed by atoms with Crippen molar-refractivity contribution in [2.45, 2.75) is 18.1 Å². The van der Waals surface area contributed by atoms with Crippen LogP contribution >= 0.6 is 23.1 Å². The molecule has 0 spiro atoms. The number of carboxylic acids is 1. The molecule has 0 amide bonds. The molecule has 0 radical (unpaired) electrons. The fourth-order valence-corrected chi connectivity index (χ4v) is 3.25. The minimum atomic E-state index is -0.874. The third-order valence-electron chi connectivity index (χ3n) is 2.58. The number of hydrogen-bond donors (Lipinski definition) is 1. The van der Waals surface area contributed by atoms with Crippen LogP contribution in [0, 0.1) is 0 Å². The van der Waals surface area contributed by atoms with Crippen molar-refractivity contribution in [3.05, 3.63) is 17.5 Å². The van der Waals surface area contributed by atoms with Gasteiger partial charge in [-0.1, -0.05) is 17.8 Å². The maximum Gasteiger partial charge on any atom is 0.313 e. The first-order valence-electron chi connectivity index (χ1n) is 5.95. The van der Waals surface area contributed by atoms with Crippen molar-refractivity contribution in [3.8, 4) is 10.7 Å². The number of hydrogen-bond acceptors (Lipinski definition) is 6. The maximum atomic E-state index is 10.7. The van der Waals surface area contributed by atoms with Crippen LogP contribution < -0.4 is 0 Å². The van der Waals surface area contributed by atoms with Crippen LogP contribution in [0.3, 0.4) is 0 Å². The van der Waals surface area contributed by atoms with E-state index in [2.05, 4.69) is 10.2 Å². The van der Waals surface area contributed by atoms with Crippen molar-refractivity contribution in [1.29, 1.82) is 0 Å². The first kappa shape index (κ1) is 15.0. The van der Waals surface area contributed by atoms with Crippen LogP contribution in [0.1, 0.15) is 13.0 Å². The van der Waals surface area contributed by atoms with E-state index in [1.165, 1.54) is 11.8 Å². The summed E-state index contributed by atoms with van der Waals surface area (Å²) in [5, 5.41) is 19.7. The molecule has 20 heavy (non-hydrogen) atoms. The van der Waals surface area contributed by atoms with Gasteiger partial charge in [0.05, 0.1) is 23.3 Å². The fraction of sp³-hybridized carbons (Fsp3) is 0.417. The van der Waals surface area contributed by atoms with E-state index in [1.807, 2.05) is 29.0 Å². The number of aromatic nitrogens is 3. The summed E-state index contributed by atoms with van der Waals surface area (Å²) in [4.78, 5) is 11.7. The first-order valence-corrected chi connectivity index (χ1v) is 7.82. The van der Waals surface area contributed by atoms with Crippen molar-refractivity contribution in [2.75, 3.05) is 19.5 Å². The maximum absolute atomic E-state index is 10.7. The van der Waals surface area contributed by atoms with E-state index in [9.17, 15) is 4.79 Å². The Bertz CT molecular complexity index is 569. The highest BCUT2D eigenvalue weighted by atomic mass is 32.2. The van der Waals surface area contributed by atoms with Crippen LogP contribution in [-0.4, -0.2) is 45.3 Å². The van der Waals surface area contributed by atoms with Gasteiger partial charge in [-0.3, -0.25) is 9.36 Å². The molecular weight excluding hydrogens is 298 g/mol. The summed E-state index contributed by atoms with van der Waals surface area (Å²) in [6.45, 7) is 2.51. The molecule has 2 aromatic rings. The third-order valence-corrected chi connectivity index (χ3v) is 4.37. The van der Waals surface area contributed by atoms with E-state index in [4.69, 9.17) is 9.84 Å². The van der Waals surface area contributed by atoms with Gasteiger partial charge in [-0.25, -0.2) is 0 Å². The van der Waals surface area contributed by atoms with Gasteiger partial charge >= 0.3 is 5.97 Å². The molecule has 0 saturated heterocycles. The van der Waals surface area contributed by atoms with Crippen molar-refractivity contribution in [1.82, 2.24) is 14.8 Å². The monoisotopic (exact) mass is 313 g/mol. The lowest BCUT2D eigenvalue weighted by molar-refractivity contribution is -0.133. The second kappa shape index (κ2) is 6.87. The number of nitrogens with zero attached hydrogens (tertiary/aromatic N) is 3. The molecule has 2 aromatic heterocycles. The van der Waals surface area contributed by atoms with Crippen LogP contribution in [0.2, 0.25) is 0 Å². The average molecular weight is 313 g/mol. The van der Waals surface area contributed by atoms with Crippen molar-refractivity contribution in [3.63, 3.8) is 0 Å². The zero-order valence-corrected chi connectivity index (χ0v) is 12.8. The molecule has 0 saturated carbocycles. The molecule has 0 aromatic carbocycles. The van der Waals surface area contributed by atoms with E-state index in [0.29, 0.717) is 11.8 Å². The largest absolute Gasteiger partial charge is 0.481 e.